The van der Waals surface area contributed by atoms with Crippen molar-refractivity contribution in [3.63, 3.8) is 0 Å². The third-order valence-electron chi connectivity index (χ3n) is 6.07. The second-order valence-electron chi connectivity index (χ2n) is 10.0. The van der Waals surface area contributed by atoms with Crippen LogP contribution in [0, 0.1) is 19.7 Å². The number of likely N-dealkylation sites (tertiary alicyclic amines) is 1. The van der Waals surface area contributed by atoms with Gasteiger partial charge in [0.2, 0.25) is 0 Å². The molecule has 1 saturated heterocycles. The van der Waals surface area contributed by atoms with Gasteiger partial charge in [-0.3, -0.25) is 9.36 Å². The lowest BCUT2D eigenvalue weighted by molar-refractivity contribution is 0.0289. The number of fused-ring (bicyclic) bond motifs is 2. The molecule has 182 valence electrons. The van der Waals surface area contributed by atoms with E-state index in [0.29, 0.717) is 30.8 Å². The minimum absolute atomic E-state index is 0.0803. The highest BCUT2D eigenvalue weighted by molar-refractivity contribution is 5.83. The molecule has 9 nitrogen and oxygen atoms in total. The number of benzene rings is 1. The van der Waals surface area contributed by atoms with Crippen LogP contribution in [0.1, 0.15) is 44.5 Å². The first-order valence-corrected chi connectivity index (χ1v) is 11.5. The number of carbonyl (C=O) groups is 1. The van der Waals surface area contributed by atoms with Crippen molar-refractivity contribution in [3.8, 4) is 11.3 Å². The Morgan fingerprint density at radius 3 is 2.71 bits per heavy atom. The topological polar surface area (TPSA) is 94.6 Å². The molecule has 0 aliphatic carbocycles. The van der Waals surface area contributed by atoms with Crippen molar-refractivity contribution < 1.29 is 13.9 Å². The first-order chi connectivity index (χ1) is 16.5. The molecule has 4 aromatic rings. The normalized spacial score (nSPS) is 16.4. The summed E-state index contributed by atoms with van der Waals surface area (Å²) in [5, 5.41) is 4.47. The average Bonchev–Trinajstić information content (AvgIpc) is 3.39. The quantitative estimate of drug-likeness (QED) is 0.432. The molecule has 0 bridgehead atoms. The number of imidazole rings is 1. The molecule has 3 aromatic heterocycles. The van der Waals surface area contributed by atoms with Gasteiger partial charge >= 0.3 is 6.09 Å². The van der Waals surface area contributed by atoms with Crippen LogP contribution < -0.4 is 5.56 Å². The van der Waals surface area contributed by atoms with E-state index in [4.69, 9.17) is 4.74 Å². The van der Waals surface area contributed by atoms with Crippen LogP contribution in [-0.2, 0) is 4.74 Å². The van der Waals surface area contributed by atoms with E-state index < -0.39 is 23.1 Å². The predicted octanol–water partition coefficient (Wildman–Crippen LogP) is 4.04. The number of carbonyl (C=O) groups excluding carboxylic acids is 1. The van der Waals surface area contributed by atoms with Crippen molar-refractivity contribution in [3.05, 3.63) is 58.2 Å². The van der Waals surface area contributed by atoms with Gasteiger partial charge in [-0.05, 0) is 64.8 Å². The van der Waals surface area contributed by atoms with Crippen LogP contribution in [0.5, 0.6) is 0 Å². The minimum Gasteiger partial charge on any atom is -0.444 e. The van der Waals surface area contributed by atoms with Gasteiger partial charge in [0.25, 0.3) is 5.56 Å². The number of ether oxygens (including phenoxy) is 1. The number of aryl methyl sites for hydroxylation is 2. The Labute approximate surface area is 201 Å². The van der Waals surface area contributed by atoms with E-state index in [1.165, 1.54) is 17.0 Å². The predicted molar refractivity (Wildman–Crippen MR) is 129 cm³/mol. The van der Waals surface area contributed by atoms with Crippen molar-refractivity contribution in [1.82, 2.24) is 29.0 Å². The molecular formula is C25H27FN6O3. The van der Waals surface area contributed by atoms with Gasteiger partial charge in [-0.2, -0.15) is 5.10 Å². The third-order valence-corrected chi connectivity index (χ3v) is 6.07. The summed E-state index contributed by atoms with van der Waals surface area (Å²) in [5.74, 6) is -0.660. The summed E-state index contributed by atoms with van der Waals surface area (Å²) in [4.78, 5) is 36.0. The molecule has 0 N–H and O–H groups in total. The smallest absolute Gasteiger partial charge is 0.410 e. The molecule has 1 fully saturated rings. The summed E-state index contributed by atoms with van der Waals surface area (Å²) in [7, 11) is 0. The fourth-order valence-electron chi connectivity index (χ4n) is 4.47. The highest BCUT2D eigenvalue weighted by atomic mass is 19.1. The molecular weight excluding hydrogens is 451 g/mol. The number of hydrogen-bond acceptors (Lipinski definition) is 6. The second kappa shape index (κ2) is 8.14. The molecule has 10 heteroatoms. The lowest BCUT2D eigenvalue weighted by Crippen LogP contribution is -2.36. The van der Waals surface area contributed by atoms with E-state index in [1.807, 2.05) is 26.1 Å². The molecule has 4 heterocycles. The van der Waals surface area contributed by atoms with Crippen LogP contribution in [0.2, 0.25) is 0 Å². The van der Waals surface area contributed by atoms with Crippen LogP contribution >= 0.6 is 0 Å². The minimum atomic E-state index is -0.660. The average molecular weight is 479 g/mol. The summed E-state index contributed by atoms with van der Waals surface area (Å²) in [5.41, 5.74) is 2.74. The van der Waals surface area contributed by atoms with E-state index in [0.717, 1.165) is 16.9 Å². The summed E-state index contributed by atoms with van der Waals surface area (Å²) in [6.45, 7) is 9.97. The Bertz CT molecular complexity index is 1530. The molecule has 1 aliphatic rings. The van der Waals surface area contributed by atoms with Crippen LogP contribution in [0.15, 0.2) is 35.5 Å². The number of aromatic nitrogens is 5. The third kappa shape index (κ3) is 4.24. The number of amides is 1. The molecule has 5 rings (SSSR count). The van der Waals surface area contributed by atoms with Crippen molar-refractivity contribution in [2.75, 3.05) is 13.1 Å². The Hall–Kier alpha value is -3.82. The zero-order chi connectivity index (χ0) is 25.1. The lowest BCUT2D eigenvalue weighted by Gasteiger charge is -2.24. The van der Waals surface area contributed by atoms with Gasteiger partial charge in [-0.1, -0.05) is 0 Å². The summed E-state index contributed by atoms with van der Waals surface area (Å²) >= 11 is 0. The van der Waals surface area contributed by atoms with E-state index in [9.17, 15) is 9.59 Å². The monoisotopic (exact) mass is 478 g/mol. The molecule has 1 amide bonds. The lowest BCUT2D eigenvalue weighted by atomic mass is 10.1. The highest BCUT2D eigenvalue weighted by Gasteiger charge is 2.31. The molecule has 1 aromatic carbocycles. The molecule has 1 unspecified atom stereocenters. The largest absolute Gasteiger partial charge is 0.444 e. The Morgan fingerprint density at radius 2 is 1.97 bits per heavy atom. The standard InChI is InChI=1S/C25H27FN6O3/c1-14-8-19(29-32-11-15(2)28-22(14)32)16-9-18(26)21-20(10-16)27-13-31(23(21)33)17-6-7-30(12-17)24(34)35-25(3,4)5/h8-11,13,17H,6-7,12H2,1-5H3. The van der Waals surface area contributed by atoms with Gasteiger partial charge in [0.15, 0.2) is 5.65 Å². The second-order valence-corrected chi connectivity index (χ2v) is 10.0. The fourth-order valence-corrected chi connectivity index (χ4v) is 4.47. The fraction of sp³-hybridized carbons (Fsp3) is 0.400. The van der Waals surface area contributed by atoms with Crippen molar-refractivity contribution in [2.24, 2.45) is 0 Å². The number of nitrogens with zero attached hydrogens (tertiary/aromatic N) is 6. The van der Waals surface area contributed by atoms with Crippen LogP contribution in [0.25, 0.3) is 27.8 Å². The van der Waals surface area contributed by atoms with Crippen LogP contribution in [0.4, 0.5) is 9.18 Å². The van der Waals surface area contributed by atoms with Gasteiger partial charge in [0.1, 0.15) is 16.8 Å². The maximum Gasteiger partial charge on any atom is 0.410 e. The number of halogens is 1. The zero-order valence-corrected chi connectivity index (χ0v) is 20.4. The first-order valence-electron chi connectivity index (χ1n) is 11.5. The molecule has 1 aliphatic heterocycles. The first kappa shape index (κ1) is 22.9. The summed E-state index contributed by atoms with van der Waals surface area (Å²) in [6, 6.07) is 4.52. The highest BCUT2D eigenvalue weighted by Crippen LogP contribution is 2.27. The SMILES string of the molecule is Cc1cn2nc(-c3cc(F)c4c(=O)n(C5CCN(C(=O)OC(C)(C)C)C5)cnc4c3)cc(C)c2n1. The van der Waals surface area contributed by atoms with Crippen LogP contribution in [0.3, 0.4) is 0 Å². The van der Waals surface area contributed by atoms with Crippen molar-refractivity contribution in [1.29, 1.82) is 0 Å². The van der Waals surface area contributed by atoms with Crippen LogP contribution in [-0.4, -0.2) is 53.8 Å². The van der Waals surface area contributed by atoms with Gasteiger partial charge in [0, 0.05) is 18.7 Å². The molecule has 0 spiro atoms. The Kier molecular flexibility index (Phi) is 5.34. The summed E-state index contributed by atoms with van der Waals surface area (Å²) in [6.07, 6.45) is 3.37. The van der Waals surface area contributed by atoms with Crippen molar-refractivity contribution in [2.45, 2.75) is 52.7 Å². The molecule has 0 radical (unpaired) electrons. The van der Waals surface area contributed by atoms with E-state index in [1.54, 1.807) is 36.3 Å². The molecule has 0 saturated carbocycles. The number of rotatable bonds is 2. The van der Waals surface area contributed by atoms with Gasteiger partial charge in [-0.15, -0.1) is 0 Å². The molecule has 35 heavy (non-hydrogen) atoms. The Morgan fingerprint density at radius 1 is 1.20 bits per heavy atom. The summed E-state index contributed by atoms with van der Waals surface area (Å²) < 4.78 is 23.8. The number of hydrogen-bond donors (Lipinski definition) is 0. The Balaban J connectivity index is 1.48. The molecule has 1 atom stereocenters. The van der Waals surface area contributed by atoms with E-state index in [-0.39, 0.29) is 16.9 Å². The zero-order valence-electron chi connectivity index (χ0n) is 20.4. The van der Waals surface area contributed by atoms with Crippen molar-refractivity contribution >= 4 is 22.6 Å². The van der Waals surface area contributed by atoms with Gasteiger partial charge in [0.05, 0.1) is 35.5 Å². The maximum absolute atomic E-state index is 15.3. The van der Waals surface area contributed by atoms with Gasteiger partial charge < -0.3 is 9.64 Å². The van der Waals surface area contributed by atoms with E-state index in [2.05, 4.69) is 15.1 Å². The van der Waals surface area contributed by atoms with E-state index >= 15 is 4.39 Å². The van der Waals surface area contributed by atoms with Gasteiger partial charge in [-0.25, -0.2) is 23.7 Å². The maximum atomic E-state index is 15.3.